The van der Waals surface area contributed by atoms with E-state index in [9.17, 15) is 48.4 Å². The Bertz CT molecular complexity index is 1420. The fourth-order valence-corrected chi connectivity index (χ4v) is 9.89. The molecule has 2 bridgehead atoms. The maximum Gasteiger partial charge on any atom is 0.432 e. The third kappa shape index (κ3) is 5.15. The number of carbonyl (C=O) groups excluding carboxylic acids is 2. The average molecular weight is 928 g/mol. The molecule has 1 aliphatic heterocycles. The molecule has 1 N–H and O–H groups in total. The zero-order valence-electron chi connectivity index (χ0n) is 17.9. The lowest BCUT2D eigenvalue weighted by atomic mass is 9.84. The molecule has 38 heavy (non-hydrogen) atoms. The van der Waals surface area contributed by atoms with E-state index in [2.05, 4.69) is 4.74 Å². The molecule has 10 nitrogen and oxygen atoms in total. The lowest BCUT2D eigenvalue weighted by Gasteiger charge is -2.32. The minimum atomic E-state index is -6.71. The van der Waals surface area contributed by atoms with Gasteiger partial charge in [0.25, 0.3) is 16.2 Å². The quantitative estimate of drug-likeness (QED) is 0.113. The first-order chi connectivity index (χ1) is 17.2. The van der Waals surface area contributed by atoms with Gasteiger partial charge in [0.2, 0.25) is 0 Å². The minimum absolute atomic E-state index is 0.0751. The Morgan fingerprint density at radius 3 is 2.26 bits per heavy atom. The first-order valence-corrected chi connectivity index (χ1v) is 16.2. The number of rotatable bonds is 6. The van der Waals surface area contributed by atoms with Crippen LogP contribution in [-0.2, 0) is 38.7 Å². The van der Waals surface area contributed by atoms with E-state index in [4.69, 9.17) is 13.5 Å². The average Bonchev–Trinajstić information content (AvgIpc) is 3.35. The summed E-state index contributed by atoms with van der Waals surface area (Å²) in [5.41, 5.74) is 0.0751. The molecule has 7 atom stereocenters. The summed E-state index contributed by atoms with van der Waals surface area (Å²) in [6, 6.07) is 3.21. The zero-order valence-corrected chi connectivity index (χ0v) is 26.0. The third-order valence-corrected chi connectivity index (χ3v) is 12.8. The lowest BCUT2D eigenvalue weighted by Crippen LogP contribution is -2.54. The molecule has 1 heterocycles. The Hall–Kier alpha value is -0.180. The van der Waals surface area contributed by atoms with Gasteiger partial charge in [-0.3, -0.25) is 13.5 Å². The van der Waals surface area contributed by atoms with Crippen molar-refractivity contribution in [1.82, 2.24) is 0 Å². The first-order valence-electron chi connectivity index (χ1n) is 10.1. The molecule has 2 aliphatic carbocycles. The summed E-state index contributed by atoms with van der Waals surface area (Å²) in [5, 5.41) is -7.80. The second-order valence-electron chi connectivity index (χ2n) is 8.62. The van der Waals surface area contributed by atoms with E-state index < -0.39 is 84.9 Å². The van der Waals surface area contributed by atoms with Gasteiger partial charge in [0.1, 0.15) is 17.5 Å². The summed E-state index contributed by atoms with van der Waals surface area (Å²) in [6.07, 6.45) is -13.8. The standard InChI is InChI=1S/C18H12F5I3O10S2/c19-17(20,21)16(18(22,23)38(31,32)33)35-15(28)9-5-3-7-12(36-37(29,30)13(7)9)11(5)34-14(27)6-1-4(24)2-8(25)10(6)26/h1-2,5,7,9,11-13,16H,3H2,(H,31,32,33). The molecular formula is C18H12F5I3O10S2. The molecule has 3 aliphatic rings. The van der Waals surface area contributed by atoms with E-state index in [1.807, 2.05) is 67.8 Å². The van der Waals surface area contributed by atoms with Crippen LogP contribution in [0.3, 0.4) is 0 Å². The van der Waals surface area contributed by atoms with Gasteiger partial charge in [0.15, 0.2) is 0 Å². The number of hydrogen-bond donors (Lipinski definition) is 1. The summed E-state index contributed by atoms with van der Waals surface area (Å²) in [5.74, 6) is -7.48. The molecule has 4 rings (SSSR count). The molecule has 212 valence electrons. The van der Waals surface area contributed by atoms with Gasteiger partial charge in [0.05, 0.1) is 11.5 Å². The second kappa shape index (κ2) is 9.97. The van der Waals surface area contributed by atoms with Crippen molar-refractivity contribution in [1.29, 1.82) is 0 Å². The smallest absolute Gasteiger partial charge is 0.432 e. The topological polar surface area (TPSA) is 150 Å². The summed E-state index contributed by atoms with van der Waals surface area (Å²) < 4.78 is 140. The fraction of sp³-hybridized carbons (Fsp3) is 0.556. The van der Waals surface area contributed by atoms with E-state index >= 15 is 0 Å². The van der Waals surface area contributed by atoms with Crippen LogP contribution in [0.25, 0.3) is 0 Å². The fourth-order valence-electron chi connectivity index (χ4n) is 5.00. The van der Waals surface area contributed by atoms with Gasteiger partial charge >= 0.3 is 33.5 Å². The van der Waals surface area contributed by atoms with E-state index in [1.54, 1.807) is 6.07 Å². The van der Waals surface area contributed by atoms with Crippen molar-refractivity contribution >= 4 is 99.9 Å². The monoisotopic (exact) mass is 928 g/mol. The van der Waals surface area contributed by atoms with Gasteiger partial charge in [-0.1, -0.05) is 0 Å². The molecule has 20 heteroatoms. The Morgan fingerprint density at radius 1 is 1.11 bits per heavy atom. The van der Waals surface area contributed by atoms with Crippen molar-refractivity contribution in [3.05, 3.63) is 28.4 Å². The van der Waals surface area contributed by atoms with Crippen molar-refractivity contribution in [3.8, 4) is 0 Å². The van der Waals surface area contributed by atoms with E-state index in [0.717, 1.165) is 0 Å². The molecule has 0 amide bonds. The molecule has 7 unspecified atom stereocenters. The van der Waals surface area contributed by atoms with Gasteiger partial charge < -0.3 is 9.47 Å². The molecular weight excluding hydrogens is 916 g/mol. The molecule has 1 aromatic rings. The summed E-state index contributed by atoms with van der Waals surface area (Å²) in [6.45, 7) is 0. The molecule has 2 saturated carbocycles. The Morgan fingerprint density at radius 2 is 1.71 bits per heavy atom. The van der Waals surface area contributed by atoms with Crippen LogP contribution >= 0.6 is 67.8 Å². The summed E-state index contributed by atoms with van der Waals surface area (Å²) in [4.78, 5) is 25.8. The predicted octanol–water partition coefficient (Wildman–Crippen LogP) is 3.34. The molecule has 0 aromatic heterocycles. The molecule has 0 spiro atoms. The number of benzene rings is 1. The van der Waals surface area contributed by atoms with Crippen LogP contribution < -0.4 is 0 Å². The number of hydrogen-bond acceptors (Lipinski definition) is 9. The van der Waals surface area contributed by atoms with Crippen molar-refractivity contribution in [3.63, 3.8) is 0 Å². The summed E-state index contributed by atoms with van der Waals surface area (Å²) >= 11 is 5.75. The van der Waals surface area contributed by atoms with E-state index in [0.29, 0.717) is 10.7 Å². The predicted molar refractivity (Wildman–Crippen MR) is 139 cm³/mol. The van der Waals surface area contributed by atoms with Gasteiger partial charge in [-0.15, -0.1) is 0 Å². The molecule has 1 saturated heterocycles. The van der Waals surface area contributed by atoms with Gasteiger partial charge in [-0.05, 0) is 86.3 Å². The number of carbonyl (C=O) groups is 2. The first kappa shape index (κ1) is 30.8. The Kier molecular flexibility index (Phi) is 8.08. The highest BCUT2D eigenvalue weighted by molar-refractivity contribution is 14.1. The molecule has 0 radical (unpaired) electrons. The van der Waals surface area contributed by atoms with Crippen molar-refractivity contribution < 1.29 is 66.6 Å². The van der Waals surface area contributed by atoms with Crippen molar-refractivity contribution in [2.45, 2.75) is 41.4 Å². The van der Waals surface area contributed by atoms with Crippen LogP contribution in [0, 0.1) is 28.5 Å². The van der Waals surface area contributed by atoms with Gasteiger partial charge in [-0.25, -0.2) is 4.79 Å². The van der Waals surface area contributed by atoms with Crippen LogP contribution in [0.5, 0.6) is 0 Å². The van der Waals surface area contributed by atoms with E-state index in [1.165, 1.54) is 6.07 Å². The largest absolute Gasteiger partial charge is 0.456 e. The Labute approximate surface area is 252 Å². The number of esters is 2. The third-order valence-electron chi connectivity index (χ3n) is 6.44. The van der Waals surface area contributed by atoms with Crippen LogP contribution in [0.1, 0.15) is 16.8 Å². The minimum Gasteiger partial charge on any atom is -0.456 e. The normalized spacial score (nSPS) is 30.8. The number of halogens is 8. The van der Waals surface area contributed by atoms with E-state index in [-0.39, 0.29) is 12.0 Å². The highest BCUT2D eigenvalue weighted by atomic mass is 127. The maximum absolute atomic E-state index is 14.0. The van der Waals surface area contributed by atoms with Gasteiger partial charge in [0, 0.05) is 22.5 Å². The van der Waals surface area contributed by atoms with Crippen molar-refractivity contribution in [2.24, 2.45) is 17.8 Å². The number of alkyl halides is 5. The van der Waals surface area contributed by atoms with Crippen LogP contribution in [0.15, 0.2) is 12.1 Å². The van der Waals surface area contributed by atoms with Crippen LogP contribution in [0.2, 0.25) is 0 Å². The zero-order chi connectivity index (χ0) is 28.7. The Balaban J connectivity index is 1.67. The number of fused-ring (bicyclic) bond motifs is 1. The van der Waals surface area contributed by atoms with Gasteiger partial charge in [-0.2, -0.15) is 38.8 Å². The molecule has 1 aromatic carbocycles. The maximum atomic E-state index is 14.0. The second-order valence-corrected chi connectivity index (χ2v) is 15.3. The summed E-state index contributed by atoms with van der Waals surface area (Å²) in [7, 11) is -11.4. The van der Waals surface area contributed by atoms with Crippen LogP contribution in [0.4, 0.5) is 22.0 Å². The van der Waals surface area contributed by atoms with Crippen LogP contribution in [-0.4, -0.2) is 68.3 Å². The number of ether oxygens (including phenoxy) is 2. The highest BCUT2D eigenvalue weighted by Crippen LogP contribution is 2.59. The SMILES string of the molecule is O=C(OC1C2CC3C1OS(=O)(=O)C3C2C(=O)OC(C(F)(F)F)C(F)(F)S(=O)(=O)O)c1cc(I)cc(I)c1I. The lowest BCUT2D eigenvalue weighted by molar-refractivity contribution is -0.261. The van der Waals surface area contributed by atoms with Crippen molar-refractivity contribution in [2.75, 3.05) is 0 Å². The highest BCUT2D eigenvalue weighted by Gasteiger charge is 2.73. The molecule has 3 fully saturated rings.